The van der Waals surface area contributed by atoms with Crippen LogP contribution in [-0.4, -0.2) is 30.4 Å². The highest BCUT2D eigenvalue weighted by atomic mass is 32.3. The lowest BCUT2D eigenvalue weighted by Gasteiger charge is -2.23. The number of hydrogen-bond acceptors (Lipinski definition) is 5. The lowest BCUT2D eigenvalue weighted by atomic mass is 9.83. The summed E-state index contributed by atoms with van der Waals surface area (Å²) >= 11 is 1.17. The number of benzene rings is 2. The molecule has 4 aromatic rings. The third-order valence-electron chi connectivity index (χ3n) is 8.17. The Balaban J connectivity index is 1.51. The molecule has 4 N–H and O–H groups in total. The van der Waals surface area contributed by atoms with Crippen LogP contribution in [0.15, 0.2) is 46.7 Å². The summed E-state index contributed by atoms with van der Waals surface area (Å²) in [4.78, 5) is 15.4. The quantitative estimate of drug-likeness (QED) is 0.179. The van der Waals surface area contributed by atoms with Crippen LogP contribution in [0.3, 0.4) is 0 Å². The Bertz CT molecular complexity index is 1700. The maximum atomic E-state index is 15.1. The average Bonchev–Trinajstić information content (AvgIpc) is 3.51. The summed E-state index contributed by atoms with van der Waals surface area (Å²) in [6, 6.07) is 9.02. The van der Waals surface area contributed by atoms with E-state index in [0.29, 0.717) is 34.3 Å². The molecule has 0 radical (unpaired) electrons. The fraction of sp³-hybridized carbons (Fsp3) is 0.367. The second-order valence-corrected chi connectivity index (χ2v) is 13.6. The number of carboxylic acid groups (broad SMARTS) is 1. The highest BCUT2D eigenvalue weighted by molar-refractivity contribution is 7.95. The number of thiazole rings is 1. The van der Waals surface area contributed by atoms with Crippen molar-refractivity contribution in [2.75, 3.05) is 0 Å². The van der Waals surface area contributed by atoms with Gasteiger partial charge in [-0.05, 0) is 83.5 Å². The maximum Gasteiger partial charge on any atom is 0.355 e. The summed E-state index contributed by atoms with van der Waals surface area (Å²) in [7, 11) is -3.98. The fourth-order valence-corrected chi connectivity index (χ4v) is 7.21. The van der Waals surface area contributed by atoms with Crippen molar-refractivity contribution in [3.05, 3.63) is 81.5 Å². The minimum Gasteiger partial charge on any atom is -0.476 e. The predicted octanol–water partition coefficient (Wildman–Crippen LogP) is 6.77. The number of hydrogen-bond donors (Lipinski definition) is 3. The zero-order valence-electron chi connectivity index (χ0n) is 22.8. The Hall–Kier alpha value is -3.32. The van der Waals surface area contributed by atoms with Gasteiger partial charge in [0.2, 0.25) is 10.0 Å². The van der Waals surface area contributed by atoms with E-state index in [0.717, 1.165) is 61.8 Å². The first-order chi connectivity index (χ1) is 20.1. The molecule has 6 rings (SSSR count). The van der Waals surface area contributed by atoms with Crippen molar-refractivity contribution >= 4 is 27.7 Å². The van der Waals surface area contributed by atoms with Crippen LogP contribution in [-0.2, 0) is 27.5 Å². The minimum absolute atomic E-state index is 0.0839. The Labute approximate surface area is 247 Å². The van der Waals surface area contributed by atoms with E-state index in [2.05, 4.69) is 4.98 Å². The van der Waals surface area contributed by atoms with Crippen molar-refractivity contribution in [3.8, 4) is 16.4 Å². The van der Waals surface area contributed by atoms with Crippen LogP contribution in [0.5, 0.6) is 0 Å². The number of halogens is 2. The predicted molar refractivity (Wildman–Crippen MR) is 156 cm³/mol. The van der Waals surface area contributed by atoms with E-state index >= 15 is 4.39 Å². The van der Waals surface area contributed by atoms with Crippen LogP contribution in [0.1, 0.15) is 83.7 Å². The van der Waals surface area contributed by atoms with E-state index < -0.39 is 27.1 Å². The maximum absolute atomic E-state index is 15.1. The van der Waals surface area contributed by atoms with Crippen LogP contribution in [0.4, 0.5) is 8.78 Å². The van der Waals surface area contributed by atoms with Gasteiger partial charge in [0, 0.05) is 29.0 Å². The normalized spacial score (nSPS) is 17.3. The van der Waals surface area contributed by atoms with E-state index in [4.69, 9.17) is 10.2 Å². The molecule has 2 aromatic heterocycles. The second kappa shape index (κ2) is 11.4. The molecule has 0 spiro atoms. The van der Waals surface area contributed by atoms with E-state index in [1.165, 1.54) is 34.9 Å². The molecule has 2 aliphatic carbocycles. The number of carboxylic acids is 1. The molecular formula is C30H31F2N4O4S2+. The summed E-state index contributed by atoms with van der Waals surface area (Å²) in [6.45, 7) is 0. The number of aromatic carboxylic acids is 1. The summed E-state index contributed by atoms with van der Waals surface area (Å²) in [5, 5.41) is 21.6. The highest BCUT2D eigenvalue weighted by Crippen LogP contribution is 2.40. The molecule has 0 saturated heterocycles. The topological polar surface area (TPSA) is 131 Å². The summed E-state index contributed by atoms with van der Waals surface area (Å²) in [5.74, 6) is -1.72. The van der Waals surface area contributed by atoms with Gasteiger partial charge in [-0.3, -0.25) is 0 Å². The second-order valence-electron chi connectivity index (χ2n) is 11.2. The Morgan fingerprint density at radius 2 is 1.83 bits per heavy atom. The molecule has 0 amide bonds. The standard InChI is InChI=1S/C30H30F2N4O4S2/c31-23-10-9-20(15-21(23)19-4-2-1-3-5-19)28-22(12-18-8-11-27(24(32)13-18)42(33,39)40)26(14-17-6-7-17)36(35-28)30-34-25(16-41-30)29(37)38/h8-11,13,15-17,19H,1-7,12,14H2,(H3-,33,37,38,39,40)/p+1. The number of nitrogens with two attached hydrogens (primary N) is 1. The molecule has 0 bridgehead atoms. The number of nitrogens with zero attached hydrogens (tertiary/aromatic N) is 3. The molecule has 2 saturated carbocycles. The molecule has 12 heteroatoms. The SMILES string of the molecule is N[S+](=O)(O)c1ccc(Cc2c(-c3ccc(F)c(C4CCCCC4)c3)nn(-c3nc(C(=O)O)cs3)c2CC2CC2)cc1F. The van der Waals surface area contributed by atoms with Gasteiger partial charge in [-0.25, -0.2) is 23.2 Å². The largest absolute Gasteiger partial charge is 0.476 e. The molecule has 8 nitrogen and oxygen atoms in total. The van der Waals surface area contributed by atoms with E-state index in [1.54, 1.807) is 16.8 Å². The van der Waals surface area contributed by atoms with Crippen molar-refractivity contribution in [3.63, 3.8) is 0 Å². The van der Waals surface area contributed by atoms with Gasteiger partial charge in [0.05, 0.1) is 11.4 Å². The molecule has 42 heavy (non-hydrogen) atoms. The van der Waals surface area contributed by atoms with Gasteiger partial charge in [-0.1, -0.05) is 25.3 Å². The van der Waals surface area contributed by atoms with Gasteiger partial charge in [-0.2, -0.15) is 9.65 Å². The first kappa shape index (κ1) is 28.8. The van der Waals surface area contributed by atoms with E-state index in [-0.39, 0.29) is 23.8 Å². The van der Waals surface area contributed by atoms with Crippen LogP contribution >= 0.6 is 11.3 Å². The number of aromatic nitrogens is 3. The van der Waals surface area contributed by atoms with Gasteiger partial charge in [0.15, 0.2) is 11.5 Å². The van der Waals surface area contributed by atoms with Gasteiger partial charge in [0.1, 0.15) is 5.82 Å². The van der Waals surface area contributed by atoms with Crippen LogP contribution in [0.25, 0.3) is 16.4 Å². The van der Waals surface area contributed by atoms with Crippen molar-refractivity contribution in [2.45, 2.75) is 68.6 Å². The molecule has 1 atom stereocenters. The van der Waals surface area contributed by atoms with Crippen molar-refractivity contribution < 1.29 is 27.4 Å². The van der Waals surface area contributed by atoms with Crippen molar-refractivity contribution in [1.82, 2.24) is 14.8 Å². The molecule has 1 unspecified atom stereocenters. The fourth-order valence-electron chi connectivity index (χ4n) is 5.84. The molecular weight excluding hydrogens is 582 g/mol. The Morgan fingerprint density at radius 3 is 2.48 bits per heavy atom. The molecule has 2 fully saturated rings. The molecule has 220 valence electrons. The Kier molecular flexibility index (Phi) is 7.81. The molecule has 2 aliphatic rings. The lowest BCUT2D eigenvalue weighted by molar-refractivity contribution is 0.0691. The Morgan fingerprint density at radius 1 is 1.07 bits per heavy atom. The summed E-state index contributed by atoms with van der Waals surface area (Å²) in [6.07, 6.45) is 8.09. The number of rotatable bonds is 9. The molecule has 0 aliphatic heterocycles. The van der Waals surface area contributed by atoms with Crippen LogP contribution < -0.4 is 5.14 Å². The summed E-state index contributed by atoms with van der Waals surface area (Å²) in [5.41, 5.74) is 4.04. The third-order valence-corrected chi connectivity index (χ3v) is 9.95. The highest BCUT2D eigenvalue weighted by Gasteiger charge is 2.31. The van der Waals surface area contributed by atoms with Gasteiger partial charge in [0.25, 0.3) is 0 Å². The first-order valence-electron chi connectivity index (χ1n) is 14.0. The molecule has 2 aromatic carbocycles. The molecule has 2 heterocycles. The van der Waals surface area contributed by atoms with E-state index in [9.17, 15) is 23.1 Å². The van der Waals surface area contributed by atoms with Crippen molar-refractivity contribution in [1.29, 1.82) is 0 Å². The average molecular weight is 614 g/mol. The number of carbonyl (C=O) groups is 1. The van der Waals surface area contributed by atoms with Gasteiger partial charge >= 0.3 is 16.4 Å². The monoisotopic (exact) mass is 613 g/mol. The third kappa shape index (κ3) is 5.94. The van der Waals surface area contributed by atoms with Crippen LogP contribution in [0, 0.1) is 17.6 Å². The summed E-state index contributed by atoms with van der Waals surface area (Å²) < 4.78 is 53.3. The zero-order valence-corrected chi connectivity index (χ0v) is 24.4. The van der Waals surface area contributed by atoms with Crippen LogP contribution in [0.2, 0.25) is 0 Å². The van der Waals surface area contributed by atoms with Gasteiger partial charge < -0.3 is 5.11 Å². The van der Waals surface area contributed by atoms with Crippen molar-refractivity contribution in [2.24, 2.45) is 11.1 Å². The van der Waals surface area contributed by atoms with Gasteiger partial charge in [-0.15, -0.1) is 16.5 Å². The first-order valence-corrected chi connectivity index (χ1v) is 16.5. The zero-order chi connectivity index (χ0) is 29.6. The van der Waals surface area contributed by atoms with E-state index in [1.807, 2.05) is 6.07 Å². The smallest absolute Gasteiger partial charge is 0.355 e. The lowest BCUT2D eigenvalue weighted by Crippen LogP contribution is -2.22. The minimum atomic E-state index is -3.98.